The van der Waals surface area contributed by atoms with Crippen molar-refractivity contribution in [3.63, 3.8) is 0 Å². The number of rotatable bonds is 7. The molecule has 0 aliphatic carbocycles. The molecule has 7 nitrogen and oxygen atoms in total. The molecule has 4 rings (SSSR count). The number of benzene rings is 3. The molecule has 0 unspecified atom stereocenters. The van der Waals surface area contributed by atoms with Crippen LogP contribution in [-0.2, 0) is 4.79 Å². The van der Waals surface area contributed by atoms with Crippen molar-refractivity contribution in [2.45, 2.75) is 18.2 Å². The van der Waals surface area contributed by atoms with Gasteiger partial charge in [0.1, 0.15) is 0 Å². The van der Waals surface area contributed by atoms with Gasteiger partial charge in [-0.05, 0) is 107 Å². The lowest BCUT2D eigenvalue weighted by Gasteiger charge is -2.14. The summed E-state index contributed by atoms with van der Waals surface area (Å²) in [6, 6.07) is 11.1. The lowest BCUT2D eigenvalue weighted by atomic mass is 10.1. The van der Waals surface area contributed by atoms with E-state index in [1.807, 2.05) is 32.0 Å². The second-order valence-corrected chi connectivity index (χ2v) is 13.5. The summed E-state index contributed by atoms with van der Waals surface area (Å²) in [6.45, 7) is 3.96. The van der Waals surface area contributed by atoms with Crippen molar-refractivity contribution in [2.75, 3.05) is 16.4 Å². The Labute approximate surface area is 259 Å². The number of fused-ring (bicyclic) bond motifs is 1. The molecule has 196 valence electrons. The number of carbonyl (C=O) groups is 3. The van der Waals surface area contributed by atoms with Crippen LogP contribution in [-0.4, -0.2) is 33.6 Å². The third-order valence-corrected chi connectivity index (χ3v) is 12.2. The standard InChI is InChI=1S/C25H17Br4N3O4S2/c1-10-3-5-13(11(2)7-10)31-16(33)9-37-25-32-14-6-4-12(8-15(14)38-25)30-23(34)17-18(24(35)36)20(27)22(29)21(28)19(17)26/h3-8H,9H2,1-2H3,(H,30,34)(H,31,33)(H,35,36). The number of aromatic nitrogens is 1. The first-order chi connectivity index (χ1) is 18.0. The molecule has 0 spiro atoms. The molecule has 0 fully saturated rings. The van der Waals surface area contributed by atoms with E-state index in [9.17, 15) is 19.5 Å². The first-order valence-corrected chi connectivity index (χ1v) is 15.7. The molecule has 4 aromatic rings. The highest BCUT2D eigenvalue weighted by Gasteiger charge is 2.28. The largest absolute Gasteiger partial charge is 0.478 e. The van der Waals surface area contributed by atoms with Gasteiger partial charge in [-0.3, -0.25) is 9.59 Å². The van der Waals surface area contributed by atoms with Crippen LogP contribution >= 0.6 is 86.8 Å². The summed E-state index contributed by atoms with van der Waals surface area (Å²) in [5, 5.41) is 15.4. The Balaban J connectivity index is 1.49. The monoisotopic (exact) mass is 803 g/mol. The number of carboxylic acid groups (broad SMARTS) is 1. The molecule has 3 aromatic carbocycles. The predicted molar refractivity (Wildman–Crippen MR) is 167 cm³/mol. The van der Waals surface area contributed by atoms with Crippen LogP contribution in [0, 0.1) is 13.8 Å². The lowest BCUT2D eigenvalue weighted by Crippen LogP contribution is -2.18. The van der Waals surface area contributed by atoms with Crippen molar-refractivity contribution in [1.82, 2.24) is 4.98 Å². The van der Waals surface area contributed by atoms with Gasteiger partial charge in [0.25, 0.3) is 5.91 Å². The molecule has 13 heteroatoms. The van der Waals surface area contributed by atoms with Crippen LogP contribution in [0.1, 0.15) is 31.8 Å². The van der Waals surface area contributed by atoms with Crippen LogP contribution in [0.5, 0.6) is 0 Å². The molecule has 0 aliphatic rings. The average molecular weight is 807 g/mol. The molecule has 0 saturated heterocycles. The summed E-state index contributed by atoms with van der Waals surface area (Å²) >= 11 is 16.0. The van der Waals surface area contributed by atoms with Gasteiger partial charge in [0.05, 0.1) is 27.1 Å². The summed E-state index contributed by atoms with van der Waals surface area (Å²) in [7, 11) is 0. The van der Waals surface area contributed by atoms with E-state index in [0.29, 0.717) is 19.1 Å². The van der Waals surface area contributed by atoms with Crippen molar-refractivity contribution in [3.05, 3.63) is 76.5 Å². The van der Waals surface area contributed by atoms with Crippen LogP contribution < -0.4 is 10.6 Å². The molecule has 0 bridgehead atoms. The lowest BCUT2D eigenvalue weighted by molar-refractivity contribution is -0.113. The Bertz CT molecular complexity index is 1620. The fourth-order valence-corrected chi connectivity index (χ4v) is 7.93. The maximum absolute atomic E-state index is 13.2. The smallest absolute Gasteiger partial charge is 0.337 e. The SMILES string of the molecule is Cc1ccc(NC(=O)CSc2nc3ccc(NC(=O)c4c(Br)c(Br)c(Br)c(Br)c4C(=O)O)cc3s2)c(C)c1. The van der Waals surface area contributed by atoms with Gasteiger partial charge in [-0.2, -0.15) is 0 Å². The number of hydrogen-bond donors (Lipinski definition) is 3. The van der Waals surface area contributed by atoms with E-state index >= 15 is 0 Å². The third-order valence-electron chi connectivity index (χ3n) is 5.32. The fraction of sp³-hybridized carbons (Fsp3) is 0.120. The van der Waals surface area contributed by atoms with Crippen LogP contribution in [0.2, 0.25) is 0 Å². The maximum atomic E-state index is 13.2. The number of nitrogens with zero attached hydrogens (tertiary/aromatic N) is 1. The zero-order valence-corrected chi connectivity index (χ0v) is 27.6. The number of thioether (sulfide) groups is 1. The number of amides is 2. The zero-order chi connectivity index (χ0) is 27.7. The van der Waals surface area contributed by atoms with E-state index in [4.69, 9.17) is 0 Å². The highest BCUT2D eigenvalue weighted by atomic mass is 79.9. The minimum atomic E-state index is -1.25. The van der Waals surface area contributed by atoms with Gasteiger partial charge >= 0.3 is 5.97 Å². The van der Waals surface area contributed by atoms with Crippen molar-refractivity contribution >= 4 is 126 Å². The number of carbonyl (C=O) groups excluding carboxylic acids is 2. The van der Waals surface area contributed by atoms with Crippen LogP contribution in [0.15, 0.2) is 58.6 Å². The molecule has 0 aliphatic heterocycles. The Morgan fingerprint density at radius 1 is 0.921 bits per heavy atom. The Hall–Kier alpha value is -1.77. The molecule has 0 saturated carbocycles. The quantitative estimate of drug-likeness (QED) is 0.0981. The fourth-order valence-electron chi connectivity index (χ4n) is 3.55. The molecule has 3 N–H and O–H groups in total. The molecular weight excluding hydrogens is 790 g/mol. The summed E-state index contributed by atoms with van der Waals surface area (Å²) in [5.41, 5.74) is 3.92. The number of hydrogen-bond acceptors (Lipinski definition) is 6. The zero-order valence-electron chi connectivity index (χ0n) is 19.6. The summed E-state index contributed by atoms with van der Waals surface area (Å²) in [4.78, 5) is 42.1. The van der Waals surface area contributed by atoms with Gasteiger partial charge in [0.2, 0.25) is 5.91 Å². The number of anilines is 2. The Morgan fingerprint density at radius 2 is 1.61 bits per heavy atom. The summed E-state index contributed by atoms with van der Waals surface area (Å²) in [5.74, 6) is -1.77. The third kappa shape index (κ3) is 6.34. The molecule has 38 heavy (non-hydrogen) atoms. The Kier molecular flexibility index (Phi) is 9.36. The van der Waals surface area contributed by atoms with Crippen LogP contribution in [0.4, 0.5) is 11.4 Å². The van der Waals surface area contributed by atoms with E-state index in [1.54, 1.807) is 18.2 Å². The number of aryl methyl sites for hydroxylation is 2. The van der Waals surface area contributed by atoms with Gasteiger partial charge < -0.3 is 15.7 Å². The van der Waals surface area contributed by atoms with Gasteiger partial charge in [-0.1, -0.05) is 29.5 Å². The van der Waals surface area contributed by atoms with E-state index < -0.39 is 11.9 Å². The van der Waals surface area contributed by atoms with Gasteiger partial charge in [0, 0.05) is 29.3 Å². The van der Waals surface area contributed by atoms with Crippen molar-refractivity contribution in [2.24, 2.45) is 0 Å². The van der Waals surface area contributed by atoms with E-state index in [0.717, 1.165) is 31.4 Å². The van der Waals surface area contributed by atoms with Gasteiger partial charge in [-0.25, -0.2) is 9.78 Å². The number of nitrogens with one attached hydrogen (secondary N) is 2. The van der Waals surface area contributed by atoms with Gasteiger partial charge in [-0.15, -0.1) is 11.3 Å². The number of thiazole rings is 1. The van der Waals surface area contributed by atoms with E-state index in [1.165, 1.54) is 23.1 Å². The number of halogens is 4. The van der Waals surface area contributed by atoms with E-state index in [2.05, 4.69) is 79.3 Å². The molecule has 0 radical (unpaired) electrons. The molecule has 2 amide bonds. The maximum Gasteiger partial charge on any atom is 0.337 e. The molecule has 1 aromatic heterocycles. The average Bonchev–Trinajstić information content (AvgIpc) is 3.27. The number of aromatic carboxylic acids is 1. The number of carboxylic acids is 1. The normalized spacial score (nSPS) is 11.0. The van der Waals surface area contributed by atoms with Crippen molar-refractivity contribution in [1.29, 1.82) is 0 Å². The molecule has 1 heterocycles. The second kappa shape index (κ2) is 12.2. The first-order valence-electron chi connectivity index (χ1n) is 10.8. The van der Waals surface area contributed by atoms with Crippen molar-refractivity contribution in [3.8, 4) is 0 Å². The Morgan fingerprint density at radius 3 is 2.26 bits per heavy atom. The molecular formula is C25H17Br4N3O4S2. The first kappa shape index (κ1) is 29.2. The highest BCUT2D eigenvalue weighted by molar-refractivity contribution is 9.15. The van der Waals surface area contributed by atoms with Gasteiger partial charge in [0.15, 0.2) is 4.34 Å². The second-order valence-electron chi connectivity index (χ2n) is 8.08. The minimum Gasteiger partial charge on any atom is -0.478 e. The van der Waals surface area contributed by atoms with Crippen molar-refractivity contribution < 1.29 is 19.5 Å². The molecule has 0 atom stereocenters. The highest BCUT2D eigenvalue weighted by Crippen LogP contribution is 2.42. The van der Waals surface area contributed by atoms with Crippen LogP contribution in [0.25, 0.3) is 10.2 Å². The topological polar surface area (TPSA) is 108 Å². The summed E-state index contributed by atoms with van der Waals surface area (Å²) < 4.78 is 3.05. The van der Waals surface area contributed by atoms with E-state index in [-0.39, 0.29) is 27.3 Å². The minimum absolute atomic E-state index is 0.0325. The predicted octanol–water partition coefficient (Wildman–Crippen LogP) is 8.64. The summed E-state index contributed by atoms with van der Waals surface area (Å²) in [6.07, 6.45) is 0. The van der Waals surface area contributed by atoms with Crippen LogP contribution in [0.3, 0.4) is 0 Å².